The molecule has 2 aromatic rings. The molecule has 2 aromatic carbocycles. The Bertz CT molecular complexity index is 856. The summed E-state index contributed by atoms with van der Waals surface area (Å²) in [5, 5.41) is 11.9. The van der Waals surface area contributed by atoms with Gasteiger partial charge in [-0.25, -0.2) is 0 Å². The molecule has 1 N–H and O–H groups in total. The molecule has 0 fully saturated rings. The van der Waals surface area contributed by atoms with Gasteiger partial charge in [-0.15, -0.1) is 0 Å². The first-order valence-electron chi connectivity index (χ1n) is 7.56. The number of para-hydroxylation sites is 1. The van der Waals surface area contributed by atoms with Gasteiger partial charge < -0.3 is 14.8 Å². The molecule has 0 aliphatic heterocycles. The molecule has 0 aliphatic carbocycles. The molecular weight excluding hydrogens is 342 g/mol. The van der Waals surface area contributed by atoms with Crippen LogP contribution in [0.25, 0.3) is 6.08 Å². The van der Waals surface area contributed by atoms with E-state index in [0.29, 0.717) is 5.69 Å². The van der Waals surface area contributed by atoms with Gasteiger partial charge in [-0.3, -0.25) is 4.79 Å². The number of carbonyl (C=O) groups is 1. The Morgan fingerprint density at radius 3 is 2.50 bits per heavy atom. The summed E-state index contributed by atoms with van der Waals surface area (Å²) in [5.74, 6) is -0.849. The van der Waals surface area contributed by atoms with Crippen LogP contribution in [0.3, 0.4) is 0 Å². The van der Waals surface area contributed by atoms with Crippen molar-refractivity contribution >= 4 is 17.7 Å². The first-order chi connectivity index (χ1) is 12.4. The zero-order valence-corrected chi connectivity index (χ0v) is 14.1. The number of halogens is 2. The monoisotopic (exact) mass is 358 g/mol. The highest BCUT2D eigenvalue weighted by molar-refractivity contribution is 6.09. The average molecular weight is 358 g/mol. The van der Waals surface area contributed by atoms with Crippen LogP contribution < -0.4 is 14.8 Å². The second-order valence-corrected chi connectivity index (χ2v) is 5.25. The standard InChI is InChI=1S/C19H16F2N2O3/c1-12-6-8-15(9-7-12)23-18(24)14(11-22)10-13-4-3-5-16(25-2)17(13)26-19(20)21/h3-10,19H,1-2H3,(H,23,24)/b14-10+. The lowest BCUT2D eigenvalue weighted by Crippen LogP contribution is -2.13. The number of nitrogens with one attached hydrogen (secondary N) is 1. The maximum absolute atomic E-state index is 12.7. The van der Waals surface area contributed by atoms with E-state index in [1.807, 2.05) is 19.1 Å². The van der Waals surface area contributed by atoms with Crippen molar-refractivity contribution < 1.29 is 23.0 Å². The van der Waals surface area contributed by atoms with E-state index in [1.54, 1.807) is 18.2 Å². The van der Waals surface area contributed by atoms with E-state index in [0.717, 1.165) is 5.56 Å². The van der Waals surface area contributed by atoms with Crippen molar-refractivity contribution in [2.75, 3.05) is 12.4 Å². The van der Waals surface area contributed by atoms with Crippen LogP contribution in [0.15, 0.2) is 48.0 Å². The van der Waals surface area contributed by atoms with E-state index in [9.17, 15) is 18.8 Å². The average Bonchev–Trinajstić information content (AvgIpc) is 2.62. The summed E-state index contributed by atoms with van der Waals surface area (Å²) in [5.41, 5.74) is 1.39. The van der Waals surface area contributed by atoms with E-state index >= 15 is 0 Å². The van der Waals surface area contributed by atoms with Crippen molar-refractivity contribution in [3.8, 4) is 17.6 Å². The highest BCUT2D eigenvalue weighted by atomic mass is 19.3. The zero-order chi connectivity index (χ0) is 19.1. The van der Waals surface area contributed by atoms with Gasteiger partial charge in [0.15, 0.2) is 11.5 Å². The summed E-state index contributed by atoms with van der Waals surface area (Å²) in [6.45, 7) is -1.18. The number of alkyl halides is 2. The largest absolute Gasteiger partial charge is 0.493 e. The molecule has 0 aliphatic rings. The third kappa shape index (κ3) is 4.80. The van der Waals surface area contributed by atoms with Gasteiger partial charge in [-0.05, 0) is 31.2 Å². The molecule has 134 valence electrons. The molecule has 1 amide bonds. The van der Waals surface area contributed by atoms with Crippen LogP contribution in [0.1, 0.15) is 11.1 Å². The van der Waals surface area contributed by atoms with Gasteiger partial charge in [0.25, 0.3) is 5.91 Å². The third-order valence-corrected chi connectivity index (χ3v) is 3.41. The van der Waals surface area contributed by atoms with Crippen molar-refractivity contribution in [1.82, 2.24) is 0 Å². The fourth-order valence-electron chi connectivity index (χ4n) is 2.16. The number of aryl methyl sites for hydroxylation is 1. The molecule has 5 nitrogen and oxygen atoms in total. The Hall–Kier alpha value is -3.40. The number of nitrogens with zero attached hydrogens (tertiary/aromatic N) is 1. The minimum atomic E-state index is -3.08. The van der Waals surface area contributed by atoms with Gasteiger partial charge in [0.2, 0.25) is 0 Å². The number of amides is 1. The molecule has 7 heteroatoms. The number of rotatable bonds is 6. The summed E-state index contributed by atoms with van der Waals surface area (Å²) in [4.78, 5) is 12.3. The van der Waals surface area contributed by atoms with Crippen molar-refractivity contribution in [3.05, 3.63) is 59.2 Å². The first kappa shape index (κ1) is 18.9. The number of benzene rings is 2. The Morgan fingerprint density at radius 2 is 1.92 bits per heavy atom. The molecule has 2 rings (SSSR count). The van der Waals surface area contributed by atoms with Crippen LogP contribution in [0.2, 0.25) is 0 Å². The summed E-state index contributed by atoms with van der Waals surface area (Å²) < 4.78 is 34.8. The van der Waals surface area contributed by atoms with Crippen molar-refractivity contribution in [3.63, 3.8) is 0 Å². The van der Waals surface area contributed by atoms with E-state index in [4.69, 9.17) is 4.74 Å². The minimum absolute atomic E-state index is 0.0651. The summed E-state index contributed by atoms with van der Waals surface area (Å²) >= 11 is 0. The van der Waals surface area contributed by atoms with Crippen LogP contribution in [0.4, 0.5) is 14.5 Å². The summed E-state index contributed by atoms with van der Waals surface area (Å²) in [6.07, 6.45) is 1.17. The lowest BCUT2D eigenvalue weighted by atomic mass is 10.1. The second kappa shape index (κ2) is 8.62. The van der Waals surface area contributed by atoms with E-state index < -0.39 is 12.5 Å². The van der Waals surface area contributed by atoms with Crippen LogP contribution in [0.5, 0.6) is 11.5 Å². The summed E-state index contributed by atoms with van der Waals surface area (Å²) in [6, 6.07) is 13.2. The van der Waals surface area contributed by atoms with Gasteiger partial charge in [0.05, 0.1) is 7.11 Å². The number of anilines is 1. The Morgan fingerprint density at radius 1 is 1.23 bits per heavy atom. The van der Waals surface area contributed by atoms with Crippen LogP contribution in [0, 0.1) is 18.3 Å². The Kier molecular flexibility index (Phi) is 6.28. The number of nitriles is 1. The third-order valence-electron chi connectivity index (χ3n) is 3.41. The number of carbonyl (C=O) groups excluding carboxylic acids is 1. The Labute approximate surface area is 149 Å². The molecule has 0 radical (unpaired) electrons. The number of hydrogen-bond donors (Lipinski definition) is 1. The molecule has 0 bridgehead atoms. The smallest absolute Gasteiger partial charge is 0.387 e. The number of hydrogen-bond acceptors (Lipinski definition) is 4. The lowest BCUT2D eigenvalue weighted by molar-refractivity contribution is -0.112. The second-order valence-electron chi connectivity index (χ2n) is 5.25. The summed E-state index contributed by atoms with van der Waals surface area (Å²) in [7, 11) is 1.30. The lowest BCUT2D eigenvalue weighted by Gasteiger charge is -2.12. The number of methoxy groups -OCH3 is 1. The fourth-order valence-corrected chi connectivity index (χ4v) is 2.16. The molecule has 0 unspecified atom stereocenters. The zero-order valence-electron chi connectivity index (χ0n) is 14.1. The van der Waals surface area contributed by atoms with Crippen molar-refractivity contribution in [1.29, 1.82) is 5.26 Å². The molecule has 0 saturated heterocycles. The van der Waals surface area contributed by atoms with E-state index in [-0.39, 0.29) is 22.6 Å². The number of ether oxygens (including phenoxy) is 2. The topological polar surface area (TPSA) is 71.3 Å². The van der Waals surface area contributed by atoms with E-state index in [1.165, 1.54) is 31.4 Å². The van der Waals surface area contributed by atoms with Gasteiger partial charge in [-0.2, -0.15) is 14.0 Å². The molecule has 0 atom stereocenters. The fraction of sp³-hybridized carbons (Fsp3) is 0.158. The quantitative estimate of drug-likeness (QED) is 0.622. The SMILES string of the molecule is COc1cccc(/C=C(\C#N)C(=O)Nc2ccc(C)cc2)c1OC(F)F. The predicted octanol–water partition coefficient (Wildman–Crippen LogP) is 4.15. The Balaban J connectivity index is 2.34. The van der Waals surface area contributed by atoms with Gasteiger partial charge in [-0.1, -0.05) is 29.8 Å². The van der Waals surface area contributed by atoms with Crippen LogP contribution in [-0.2, 0) is 4.79 Å². The molecule has 26 heavy (non-hydrogen) atoms. The maximum atomic E-state index is 12.7. The van der Waals surface area contributed by atoms with Crippen LogP contribution in [-0.4, -0.2) is 19.6 Å². The van der Waals surface area contributed by atoms with Gasteiger partial charge in [0.1, 0.15) is 11.6 Å². The first-order valence-corrected chi connectivity index (χ1v) is 7.56. The van der Waals surface area contributed by atoms with E-state index in [2.05, 4.69) is 10.1 Å². The maximum Gasteiger partial charge on any atom is 0.387 e. The van der Waals surface area contributed by atoms with Gasteiger partial charge >= 0.3 is 6.61 Å². The predicted molar refractivity (Wildman–Crippen MR) is 93.0 cm³/mol. The van der Waals surface area contributed by atoms with Gasteiger partial charge in [0, 0.05) is 11.3 Å². The van der Waals surface area contributed by atoms with Crippen molar-refractivity contribution in [2.24, 2.45) is 0 Å². The normalized spacial score (nSPS) is 11.0. The minimum Gasteiger partial charge on any atom is -0.493 e. The molecular formula is C19H16F2N2O3. The van der Waals surface area contributed by atoms with Crippen molar-refractivity contribution in [2.45, 2.75) is 13.5 Å². The van der Waals surface area contributed by atoms with Crippen LogP contribution >= 0.6 is 0 Å². The molecule has 0 saturated carbocycles. The molecule has 0 spiro atoms. The molecule has 0 aromatic heterocycles. The highest BCUT2D eigenvalue weighted by Crippen LogP contribution is 2.33. The highest BCUT2D eigenvalue weighted by Gasteiger charge is 2.17. The molecule has 0 heterocycles.